The maximum absolute atomic E-state index is 13.4. The maximum Gasteiger partial charge on any atom is 0.267 e. The molecule has 30 heavy (non-hydrogen) atoms. The first kappa shape index (κ1) is 20.9. The van der Waals surface area contributed by atoms with Gasteiger partial charge in [-0.05, 0) is 66.8 Å². The highest BCUT2D eigenvalue weighted by Gasteiger charge is 2.38. The van der Waals surface area contributed by atoms with Crippen LogP contribution in [0.25, 0.3) is 6.08 Å². The lowest BCUT2D eigenvalue weighted by Gasteiger charge is -2.30. The van der Waals surface area contributed by atoms with Crippen LogP contribution in [0.4, 0.5) is 5.82 Å². The van der Waals surface area contributed by atoms with Gasteiger partial charge in [-0.15, -0.1) is 0 Å². The summed E-state index contributed by atoms with van der Waals surface area (Å²) in [5.74, 6) is 1.23. The van der Waals surface area contributed by atoms with Gasteiger partial charge in [0, 0.05) is 11.7 Å². The molecule has 2 aliphatic rings. The molecule has 1 aromatic heterocycles. The van der Waals surface area contributed by atoms with Crippen LogP contribution in [0, 0.1) is 6.92 Å². The molecule has 4 nitrogen and oxygen atoms in total. The largest absolute Gasteiger partial charge is 0.283 e. The van der Waals surface area contributed by atoms with Crippen molar-refractivity contribution < 1.29 is 4.79 Å². The number of amides is 1. The molecule has 0 spiro atoms. The van der Waals surface area contributed by atoms with Gasteiger partial charge in [0.15, 0.2) is 11.0 Å². The van der Waals surface area contributed by atoms with Crippen molar-refractivity contribution >= 4 is 34.7 Å². The number of aromatic nitrogens is 1. The quantitative estimate of drug-likeness (QED) is 0.535. The maximum atomic E-state index is 13.4. The van der Waals surface area contributed by atoms with Crippen LogP contribution in [-0.2, 0) is 4.79 Å². The van der Waals surface area contributed by atoms with E-state index in [1.807, 2.05) is 36.1 Å². The average Bonchev–Trinajstić information content (AvgIpc) is 3.03. The Balaban J connectivity index is 1.67. The molecule has 0 radical (unpaired) electrons. The molecule has 2 aromatic rings. The van der Waals surface area contributed by atoms with Crippen molar-refractivity contribution in [3.05, 3.63) is 64.2 Å². The van der Waals surface area contributed by atoms with E-state index in [0.29, 0.717) is 11.7 Å². The first-order chi connectivity index (χ1) is 14.5. The molecule has 1 amide bonds. The van der Waals surface area contributed by atoms with Crippen molar-refractivity contribution in [2.75, 3.05) is 0 Å². The lowest BCUT2D eigenvalue weighted by molar-refractivity contribution is -0.124. The van der Waals surface area contributed by atoms with Crippen LogP contribution in [0.15, 0.2) is 52.4 Å². The van der Waals surface area contributed by atoms with E-state index < -0.39 is 0 Å². The molecule has 1 aliphatic heterocycles. The number of rotatable bonds is 4. The number of carbonyl (C=O) groups excluding carboxylic acids is 1. The highest BCUT2D eigenvalue weighted by Crippen LogP contribution is 2.38. The standard InChI is InChI=1S/C25H29N3OS/c1-17(2)20-14-12-19(13-15-20)16-22-24(29)28(21-9-5-4-6-10-21)25(30-22)27-23-11-7-8-18(3)26-23/h7-8,11-17,21H,4-6,9-10H2,1-3H3/b22-16-,27-25+. The Morgan fingerprint density at radius 2 is 1.83 bits per heavy atom. The van der Waals surface area contributed by atoms with Crippen LogP contribution < -0.4 is 0 Å². The molecule has 0 N–H and O–H groups in total. The summed E-state index contributed by atoms with van der Waals surface area (Å²) in [5, 5.41) is 0.759. The molecule has 0 unspecified atom stereocenters. The Hall–Kier alpha value is -2.40. The molecule has 1 aromatic carbocycles. The number of pyridine rings is 1. The fraction of sp³-hybridized carbons (Fsp3) is 0.400. The second kappa shape index (κ2) is 9.17. The molecular formula is C25H29N3OS. The van der Waals surface area contributed by atoms with E-state index in [4.69, 9.17) is 4.99 Å². The van der Waals surface area contributed by atoms with E-state index in [1.54, 1.807) is 0 Å². The van der Waals surface area contributed by atoms with Crippen molar-refractivity contribution in [3.8, 4) is 0 Å². The minimum atomic E-state index is 0.0752. The molecule has 156 valence electrons. The van der Waals surface area contributed by atoms with Crippen LogP contribution in [0.2, 0.25) is 0 Å². The van der Waals surface area contributed by atoms with Gasteiger partial charge in [-0.1, -0.05) is 63.4 Å². The van der Waals surface area contributed by atoms with Crippen molar-refractivity contribution in [2.45, 2.75) is 64.8 Å². The summed E-state index contributed by atoms with van der Waals surface area (Å²) in [7, 11) is 0. The zero-order valence-corrected chi connectivity index (χ0v) is 18.8. The number of nitrogens with zero attached hydrogens (tertiary/aromatic N) is 3. The van der Waals surface area contributed by atoms with Crippen molar-refractivity contribution in [1.29, 1.82) is 0 Å². The molecule has 2 fully saturated rings. The number of hydrogen-bond acceptors (Lipinski definition) is 4. The Morgan fingerprint density at radius 3 is 2.50 bits per heavy atom. The van der Waals surface area contributed by atoms with E-state index in [9.17, 15) is 4.79 Å². The number of benzene rings is 1. The highest BCUT2D eigenvalue weighted by molar-refractivity contribution is 8.18. The third-order valence-electron chi connectivity index (χ3n) is 5.76. The topological polar surface area (TPSA) is 45.6 Å². The Bertz CT molecular complexity index is 972. The smallest absolute Gasteiger partial charge is 0.267 e. The molecule has 2 heterocycles. The summed E-state index contributed by atoms with van der Waals surface area (Å²) in [6, 6.07) is 14.5. The van der Waals surface area contributed by atoms with Gasteiger partial charge in [0.25, 0.3) is 5.91 Å². The zero-order valence-electron chi connectivity index (χ0n) is 18.0. The van der Waals surface area contributed by atoms with Crippen LogP contribution in [0.5, 0.6) is 0 Å². The SMILES string of the molecule is Cc1cccc(/N=C2/S/C(=C\c3ccc(C(C)C)cc3)C(=O)N2C2CCCCC2)n1. The van der Waals surface area contributed by atoms with Gasteiger partial charge in [-0.3, -0.25) is 9.69 Å². The number of aliphatic imine (C=N–C) groups is 1. The predicted molar refractivity (Wildman–Crippen MR) is 126 cm³/mol. The molecule has 5 heteroatoms. The van der Waals surface area contributed by atoms with Crippen LogP contribution in [-0.4, -0.2) is 27.0 Å². The number of thioether (sulfide) groups is 1. The van der Waals surface area contributed by atoms with Gasteiger partial charge in [0.1, 0.15) is 0 Å². The van der Waals surface area contributed by atoms with Gasteiger partial charge in [-0.25, -0.2) is 9.98 Å². The van der Waals surface area contributed by atoms with Gasteiger partial charge < -0.3 is 0 Å². The minimum absolute atomic E-state index is 0.0752. The van der Waals surface area contributed by atoms with E-state index in [0.717, 1.165) is 34.2 Å². The normalized spacial score (nSPS) is 20.7. The molecule has 0 bridgehead atoms. The average molecular weight is 420 g/mol. The summed E-state index contributed by atoms with van der Waals surface area (Å²) < 4.78 is 0. The fourth-order valence-electron chi connectivity index (χ4n) is 4.04. The lowest BCUT2D eigenvalue weighted by Crippen LogP contribution is -2.40. The highest BCUT2D eigenvalue weighted by atomic mass is 32.2. The minimum Gasteiger partial charge on any atom is -0.283 e. The van der Waals surface area contributed by atoms with E-state index in [-0.39, 0.29) is 11.9 Å². The van der Waals surface area contributed by atoms with Crippen LogP contribution >= 0.6 is 11.8 Å². The summed E-state index contributed by atoms with van der Waals surface area (Å²) in [4.78, 5) is 25.4. The fourth-order valence-corrected chi connectivity index (χ4v) is 5.09. The number of hydrogen-bond donors (Lipinski definition) is 0. The van der Waals surface area contributed by atoms with Gasteiger partial charge in [-0.2, -0.15) is 0 Å². The van der Waals surface area contributed by atoms with E-state index >= 15 is 0 Å². The molecule has 4 rings (SSSR count). The summed E-state index contributed by atoms with van der Waals surface area (Å²) in [5.41, 5.74) is 3.28. The second-order valence-electron chi connectivity index (χ2n) is 8.43. The third-order valence-corrected chi connectivity index (χ3v) is 6.74. The number of amidine groups is 1. The van der Waals surface area contributed by atoms with Gasteiger partial charge in [0.2, 0.25) is 0 Å². The molecule has 1 aliphatic carbocycles. The van der Waals surface area contributed by atoms with E-state index in [2.05, 4.69) is 43.1 Å². The van der Waals surface area contributed by atoms with E-state index in [1.165, 1.54) is 36.6 Å². The summed E-state index contributed by atoms with van der Waals surface area (Å²) in [6.45, 7) is 6.34. The van der Waals surface area contributed by atoms with Crippen LogP contribution in [0.1, 0.15) is 68.7 Å². The Labute approximate surface area is 183 Å². The number of aryl methyl sites for hydroxylation is 1. The monoisotopic (exact) mass is 419 g/mol. The predicted octanol–water partition coefficient (Wildman–Crippen LogP) is 6.45. The van der Waals surface area contributed by atoms with Crippen molar-refractivity contribution in [3.63, 3.8) is 0 Å². The Kier molecular flexibility index (Phi) is 6.38. The van der Waals surface area contributed by atoms with Crippen molar-refractivity contribution in [1.82, 2.24) is 9.88 Å². The Morgan fingerprint density at radius 1 is 1.10 bits per heavy atom. The summed E-state index contributed by atoms with van der Waals surface area (Å²) in [6.07, 6.45) is 7.68. The summed E-state index contributed by atoms with van der Waals surface area (Å²) >= 11 is 1.47. The van der Waals surface area contributed by atoms with Gasteiger partial charge >= 0.3 is 0 Å². The molecule has 0 atom stereocenters. The zero-order chi connectivity index (χ0) is 21.1. The first-order valence-electron chi connectivity index (χ1n) is 10.9. The first-order valence-corrected chi connectivity index (χ1v) is 11.7. The third kappa shape index (κ3) is 4.67. The van der Waals surface area contributed by atoms with Crippen LogP contribution in [0.3, 0.4) is 0 Å². The molecular weight excluding hydrogens is 390 g/mol. The van der Waals surface area contributed by atoms with Crippen molar-refractivity contribution in [2.24, 2.45) is 4.99 Å². The molecule has 1 saturated carbocycles. The number of carbonyl (C=O) groups is 1. The van der Waals surface area contributed by atoms with Gasteiger partial charge in [0.05, 0.1) is 4.91 Å². The second-order valence-corrected chi connectivity index (χ2v) is 9.44. The lowest BCUT2D eigenvalue weighted by atomic mass is 9.94. The molecule has 1 saturated heterocycles.